The SMILES string of the molecule is O=C(NCCc1cc(Cl)c2c(c1)OCCO2)C1CC(c2cccc(F)c2)=NO1. The topological polar surface area (TPSA) is 69.2 Å². The predicted octanol–water partition coefficient (Wildman–Crippen LogP) is 3.10. The van der Waals surface area contributed by atoms with Crippen molar-refractivity contribution in [2.75, 3.05) is 19.8 Å². The van der Waals surface area contributed by atoms with Crippen molar-refractivity contribution >= 4 is 23.2 Å². The number of nitrogens with zero attached hydrogens (tertiary/aromatic N) is 1. The first-order chi connectivity index (χ1) is 13.6. The van der Waals surface area contributed by atoms with Crippen molar-refractivity contribution < 1.29 is 23.5 Å². The Labute approximate surface area is 166 Å². The van der Waals surface area contributed by atoms with Gasteiger partial charge in [0, 0.05) is 18.5 Å². The van der Waals surface area contributed by atoms with Crippen LogP contribution < -0.4 is 14.8 Å². The van der Waals surface area contributed by atoms with E-state index in [2.05, 4.69) is 10.5 Å². The van der Waals surface area contributed by atoms with Gasteiger partial charge in [0.15, 0.2) is 11.5 Å². The average Bonchev–Trinajstić information content (AvgIpc) is 3.18. The Bertz CT molecular complexity index is 934. The number of rotatable bonds is 5. The van der Waals surface area contributed by atoms with Gasteiger partial charge in [0.2, 0.25) is 6.10 Å². The van der Waals surface area contributed by atoms with E-state index in [9.17, 15) is 9.18 Å². The number of nitrogens with one attached hydrogen (secondary N) is 1. The van der Waals surface area contributed by atoms with Crippen LogP contribution in [0.2, 0.25) is 5.02 Å². The molecule has 0 radical (unpaired) electrons. The van der Waals surface area contributed by atoms with Gasteiger partial charge in [-0.2, -0.15) is 0 Å². The minimum Gasteiger partial charge on any atom is -0.486 e. The number of carbonyl (C=O) groups is 1. The number of benzene rings is 2. The molecule has 0 bridgehead atoms. The molecule has 2 aromatic rings. The standard InChI is InChI=1S/C20H18ClFN2O4/c21-15-8-12(9-17-19(15)27-7-6-26-17)4-5-23-20(25)18-11-16(24-28-18)13-2-1-3-14(22)10-13/h1-3,8-10,18H,4-7,11H2,(H,23,25). The van der Waals surface area contributed by atoms with Crippen molar-refractivity contribution in [2.24, 2.45) is 5.16 Å². The molecule has 28 heavy (non-hydrogen) atoms. The van der Waals surface area contributed by atoms with Gasteiger partial charge < -0.3 is 19.6 Å². The van der Waals surface area contributed by atoms with Crippen molar-refractivity contribution in [3.8, 4) is 11.5 Å². The zero-order chi connectivity index (χ0) is 19.5. The smallest absolute Gasteiger partial charge is 0.264 e. The maximum atomic E-state index is 13.3. The van der Waals surface area contributed by atoms with Gasteiger partial charge in [-0.3, -0.25) is 4.79 Å². The molecule has 1 unspecified atom stereocenters. The molecule has 2 aromatic carbocycles. The zero-order valence-electron chi connectivity index (χ0n) is 14.9. The largest absolute Gasteiger partial charge is 0.486 e. The molecule has 0 aliphatic carbocycles. The van der Waals surface area contributed by atoms with Gasteiger partial charge in [-0.15, -0.1) is 0 Å². The molecule has 1 atom stereocenters. The summed E-state index contributed by atoms with van der Waals surface area (Å²) < 4.78 is 24.4. The third kappa shape index (κ3) is 4.04. The normalized spacial score (nSPS) is 17.6. The summed E-state index contributed by atoms with van der Waals surface area (Å²) in [5, 5.41) is 7.24. The summed E-state index contributed by atoms with van der Waals surface area (Å²) in [6.07, 6.45) is 0.152. The number of hydrogen-bond acceptors (Lipinski definition) is 5. The van der Waals surface area contributed by atoms with Gasteiger partial charge in [0.05, 0.1) is 10.7 Å². The number of oxime groups is 1. The number of fused-ring (bicyclic) bond motifs is 1. The summed E-state index contributed by atoms with van der Waals surface area (Å²) in [4.78, 5) is 17.5. The van der Waals surface area contributed by atoms with Crippen molar-refractivity contribution in [2.45, 2.75) is 18.9 Å². The highest BCUT2D eigenvalue weighted by atomic mass is 35.5. The van der Waals surface area contributed by atoms with Gasteiger partial charge in [-0.1, -0.05) is 28.9 Å². The van der Waals surface area contributed by atoms with Crippen molar-refractivity contribution in [1.29, 1.82) is 0 Å². The molecule has 146 valence electrons. The summed E-state index contributed by atoms with van der Waals surface area (Å²) in [5.74, 6) is 0.555. The minimum absolute atomic E-state index is 0.265. The number of ether oxygens (including phenoxy) is 2. The molecule has 1 amide bonds. The van der Waals surface area contributed by atoms with E-state index >= 15 is 0 Å². The Morgan fingerprint density at radius 1 is 1.25 bits per heavy atom. The van der Waals surface area contributed by atoms with E-state index in [0.29, 0.717) is 60.4 Å². The third-order valence-electron chi connectivity index (χ3n) is 4.49. The van der Waals surface area contributed by atoms with E-state index in [-0.39, 0.29) is 11.7 Å². The van der Waals surface area contributed by atoms with Crippen LogP contribution in [-0.2, 0) is 16.1 Å². The Morgan fingerprint density at radius 2 is 2.11 bits per heavy atom. The van der Waals surface area contributed by atoms with Crippen LogP contribution in [0.3, 0.4) is 0 Å². The highest BCUT2D eigenvalue weighted by Crippen LogP contribution is 2.38. The maximum Gasteiger partial charge on any atom is 0.264 e. The molecular formula is C20H18ClFN2O4. The van der Waals surface area contributed by atoms with Crippen LogP contribution in [0.1, 0.15) is 17.5 Å². The van der Waals surface area contributed by atoms with Crippen LogP contribution in [0, 0.1) is 5.82 Å². The molecule has 2 heterocycles. The van der Waals surface area contributed by atoms with Crippen molar-refractivity contribution in [3.63, 3.8) is 0 Å². The monoisotopic (exact) mass is 404 g/mol. The fourth-order valence-corrected chi connectivity index (χ4v) is 3.40. The maximum absolute atomic E-state index is 13.3. The molecule has 1 N–H and O–H groups in total. The van der Waals surface area contributed by atoms with E-state index in [0.717, 1.165) is 5.56 Å². The minimum atomic E-state index is -0.720. The molecule has 0 aromatic heterocycles. The Hall–Kier alpha value is -2.80. The second-order valence-electron chi connectivity index (χ2n) is 6.49. The second-order valence-corrected chi connectivity index (χ2v) is 6.90. The molecule has 8 heteroatoms. The highest BCUT2D eigenvalue weighted by molar-refractivity contribution is 6.32. The number of carbonyl (C=O) groups excluding carboxylic acids is 1. The van der Waals surface area contributed by atoms with Gasteiger partial charge >= 0.3 is 0 Å². The summed E-state index contributed by atoms with van der Waals surface area (Å²) in [6, 6.07) is 9.72. The van der Waals surface area contributed by atoms with E-state index in [1.807, 2.05) is 6.07 Å². The summed E-state index contributed by atoms with van der Waals surface area (Å²) >= 11 is 6.22. The van der Waals surface area contributed by atoms with Crippen molar-refractivity contribution in [3.05, 3.63) is 58.4 Å². The first-order valence-electron chi connectivity index (χ1n) is 8.94. The molecular weight excluding hydrogens is 387 g/mol. The van der Waals surface area contributed by atoms with E-state index in [1.54, 1.807) is 18.2 Å². The second kappa shape index (κ2) is 8.06. The van der Waals surface area contributed by atoms with Crippen molar-refractivity contribution in [1.82, 2.24) is 5.32 Å². The van der Waals surface area contributed by atoms with E-state index in [4.69, 9.17) is 25.9 Å². The first kappa shape index (κ1) is 18.6. The molecule has 2 aliphatic rings. The zero-order valence-corrected chi connectivity index (χ0v) is 15.7. The van der Waals surface area contributed by atoms with Gasteiger partial charge in [-0.25, -0.2) is 4.39 Å². The molecule has 0 spiro atoms. The van der Waals surface area contributed by atoms with Crippen LogP contribution >= 0.6 is 11.6 Å². The number of amides is 1. The fourth-order valence-electron chi connectivity index (χ4n) is 3.11. The molecule has 2 aliphatic heterocycles. The van der Waals surface area contributed by atoms with Crippen LogP contribution in [0.4, 0.5) is 4.39 Å². The van der Waals surface area contributed by atoms with Gasteiger partial charge in [0.1, 0.15) is 19.0 Å². The average molecular weight is 405 g/mol. The lowest BCUT2D eigenvalue weighted by molar-refractivity contribution is -0.131. The predicted molar refractivity (Wildman–Crippen MR) is 102 cm³/mol. The van der Waals surface area contributed by atoms with Gasteiger partial charge in [-0.05, 0) is 36.2 Å². The summed E-state index contributed by atoms with van der Waals surface area (Å²) in [6.45, 7) is 1.36. The lowest BCUT2D eigenvalue weighted by atomic mass is 10.0. The van der Waals surface area contributed by atoms with Crippen LogP contribution in [0.15, 0.2) is 41.6 Å². The quantitative estimate of drug-likeness (QED) is 0.831. The van der Waals surface area contributed by atoms with Crippen LogP contribution in [0.5, 0.6) is 11.5 Å². The number of hydrogen-bond donors (Lipinski definition) is 1. The molecule has 4 rings (SSSR count). The lowest BCUT2D eigenvalue weighted by Crippen LogP contribution is -2.36. The summed E-state index contributed by atoms with van der Waals surface area (Å²) in [5.41, 5.74) is 2.10. The molecule has 0 saturated carbocycles. The third-order valence-corrected chi connectivity index (χ3v) is 4.77. The summed E-state index contributed by atoms with van der Waals surface area (Å²) in [7, 11) is 0. The molecule has 6 nitrogen and oxygen atoms in total. The van der Waals surface area contributed by atoms with Crippen LogP contribution in [0.25, 0.3) is 0 Å². The molecule has 0 saturated heterocycles. The first-order valence-corrected chi connectivity index (χ1v) is 9.32. The Morgan fingerprint density at radius 3 is 2.96 bits per heavy atom. The van der Waals surface area contributed by atoms with Gasteiger partial charge in [0.25, 0.3) is 5.91 Å². The number of halogens is 2. The Balaban J connectivity index is 1.29. The highest BCUT2D eigenvalue weighted by Gasteiger charge is 2.28. The van der Waals surface area contributed by atoms with Crippen LogP contribution in [-0.4, -0.2) is 37.5 Å². The van der Waals surface area contributed by atoms with E-state index < -0.39 is 6.10 Å². The molecule has 0 fully saturated rings. The lowest BCUT2D eigenvalue weighted by Gasteiger charge is -2.20. The van der Waals surface area contributed by atoms with E-state index in [1.165, 1.54) is 12.1 Å². The Kier molecular flexibility index (Phi) is 5.34. The fraction of sp³-hybridized carbons (Fsp3) is 0.300.